The summed E-state index contributed by atoms with van der Waals surface area (Å²) in [6, 6.07) is 0. The molecular weight excluding hydrogens is 220 g/mol. The van der Waals surface area contributed by atoms with Gasteiger partial charge >= 0.3 is 0 Å². The normalized spacial score (nSPS) is 12.6. The molecule has 0 aliphatic rings. The van der Waals surface area contributed by atoms with E-state index in [0.29, 0.717) is 11.4 Å². The number of ether oxygens (including phenoxy) is 1. The number of aldehydes is 1. The van der Waals surface area contributed by atoms with Gasteiger partial charge in [-0.05, 0) is 18.1 Å². The smallest absolute Gasteiger partial charge is 0.242 e. The minimum atomic E-state index is -1.76. The summed E-state index contributed by atoms with van der Waals surface area (Å²) >= 11 is 0. The van der Waals surface area contributed by atoms with Crippen molar-refractivity contribution in [2.45, 2.75) is 38.9 Å². The van der Waals surface area contributed by atoms with Crippen molar-refractivity contribution >= 4 is 14.5 Å². The first-order valence-electron chi connectivity index (χ1n) is 5.33. The van der Waals surface area contributed by atoms with Crippen LogP contribution in [-0.4, -0.2) is 31.1 Å². The van der Waals surface area contributed by atoms with E-state index in [0.717, 1.165) is 6.29 Å². The molecule has 0 amide bonds. The Hall–Kier alpha value is -1.10. The molecule has 90 valence electrons. The van der Waals surface area contributed by atoms with Gasteiger partial charge in [-0.15, -0.1) is 5.10 Å². The zero-order valence-electron chi connectivity index (χ0n) is 10.9. The second-order valence-electron chi connectivity index (χ2n) is 5.47. The SMILES string of the molecule is COc1nn([Si](C)(C)C(C)(C)C)cc1C=O. The van der Waals surface area contributed by atoms with Crippen molar-refractivity contribution in [2.75, 3.05) is 7.11 Å². The fourth-order valence-corrected chi connectivity index (χ4v) is 2.73. The highest BCUT2D eigenvalue weighted by Crippen LogP contribution is 2.37. The van der Waals surface area contributed by atoms with Crippen LogP contribution in [0.25, 0.3) is 0 Å². The van der Waals surface area contributed by atoms with E-state index in [1.165, 1.54) is 7.11 Å². The van der Waals surface area contributed by atoms with Gasteiger partial charge in [0.05, 0.1) is 12.7 Å². The molecule has 1 heterocycles. The highest BCUT2D eigenvalue weighted by atomic mass is 28.3. The number of carbonyl (C=O) groups is 1. The molecule has 1 rings (SSSR count). The molecule has 0 unspecified atom stereocenters. The van der Waals surface area contributed by atoms with Crippen LogP contribution in [0.4, 0.5) is 0 Å². The van der Waals surface area contributed by atoms with Crippen LogP contribution in [0, 0.1) is 0 Å². The summed E-state index contributed by atoms with van der Waals surface area (Å²) in [6.45, 7) is 11.1. The molecule has 5 heteroatoms. The number of rotatable bonds is 3. The van der Waals surface area contributed by atoms with E-state index in [4.69, 9.17) is 4.74 Å². The summed E-state index contributed by atoms with van der Waals surface area (Å²) < 4.78 is 7.02. The molecule has 1 aromatic rings. The Morgan fingerprint density at radius 3 is 2.31 bits per heavy atom. The van der Waals surface area contributed by atoms with Crippen LogP contribution < -0.4 is 4.74 Å². The average Bonchev–Trinajstić information content (AvgIpc) is 2.59. The third-order valence-corrected chi connectivity index (χ3v) is 8.48. The molecular formula is C11H20N2O2Si. The van der Waals surface area contributed by atoms with Crippen molar-refractivity contribution in [2.24, 2.45) is 0 Å². The number of hydrogen-bond donors (Lipinski definition) is 0. The lowest BCUT2D eigenvalue weighted by atomic mass is 10.2. The Balaban J connectivity index is 3.24. The zero-order chi connectivity index (χ0) is 12.6. The largest absolute Gasteiger partial charge is 0.479 e. The van der Waals surface area contributed by atoms with E-state index in [2.05, 4.69) is 39.0 Å². The number of carbonyl (C=O) groups excluding carboxylic acids is 1. The summed E-state index contributed by atoms with van der Waals surface area (Å²) in [5, 5.41) is 4.53. The second-order valence-corrected chi connectivity index (χ2v) is 10.5. The fraction of sp³-hybridized carbons (Fsp3) is 0.636. The Morgan fingerprint density at radius 1 is 1.44 bits per heavy atom. The Kier molecular flexibility index (Phi) is 3.28. The van der Waals surface area contributed by atoms with E-state index in [-0.39, 0.29) is 5.04 Å². The van der Waals surface area contributed by atoms with Gasteiger partial charge in [0.1, 0.15) is 0 Å². The fourth-order valence-electron chi connectivity index (χ4n) is 1.24. The molecule has 0 saturated carbocycles. The minimum Gasteiger partial charge on any atom is -0.479 e. The summed E-state index contributed by atoms with van der Waals surface area (Å²) in [5.74, 6) is 0.417. The quantitative estimate of drug-likeness (QED) is 0.602. The first kappa shape index (κ1) is 13.0. The van der Waals surface area contributed by atoms with Crippen molar-refractivity contribution < 1.29 is 9.53 Å². The van der Waals surface area contributed by atoms with Crippen LogP contribution in [0.3, 0.4) is 0 Å². The van der Waals surface area contributed by atoms with Gasteiger partial charge in [-0.3, -0.25) is 9.14 Å². The summed E-state index contributed by atoms with van der Waals surface area (Å²) in [4.78, 5) is 10.9. The number of methoxy groups -OCH3 is 1. The standard InChI is InChI=1S/C11H20N2O2Si/c1-11(2,3)16(5,6)13-7-9(8-14)10(12-13)15-4/h7-8H,1-6H3. The average molecular weight is 240 g/mol. The first-order chi connectivity index (χ1) is 7.24. The van der Waals surface area contributed by atoms with Crippen LogP contribution >= 0.6 is 0 Å². The van der Waals surface area contributed by atoms with Crippen LogP contribution in [0.1, 0.15) is 31.1 Å². The van der Waals surface area contributed by atoms with Crippen LogP contribution in [0.2, 0.25) is 18.1 Å². The molecule has 4 nitrogen and oxygen atoms in total. The molecule has 0 N–H and O–H groups in total. The molecule has 0 radical (unpaired) electrons. The lowest BCUT2D eigenvalue weighted by Crippen LogP contribution is -2.45. The molecule has 0 saturated heterocycles. The van der Waals surface area contributed by atoms with Crippen molar-refractivity contribution in [3.8, 4) is 5.88 Å². The lowest BCUT2D eigenvalue weighted by Gasteiger charge is -2.36. The van der Waals surface area contributed by atoms with Crippen molar-refractivity contribution in [1.29, 1.82) is 0 Å². The van der Waals surface area contributed by atoms with Gasteiger partial charge in [0.15, 0.2) is 14.5 Å². The van der Waals surface area contributed by atoms with Gasteiger partial charge in [0.25, 0.3) is 0 Å². The molecule has 0 aliphatic heterocycles. The molecule has 1 aromatic heterocycles. The molecule has 0 aliphatic carbocycles. The van der Waals surface area contributed by atoms with Crippen molar-refractivity contribution in [3.05, 3.63) is 11.8 Å². The van der Waals surface area contributed by atoms with E-state index >= 15 is 0 Å². The monoisotopic (exact) mass is 240 g/mol. The molecule has 0 atom stereocenters. The van der Waals surface area contributed by atoms with Crippen molar-refractivity contribution in [3.63, 3.8) is 0 Å². The van der Waals surface area contributed by atoms with Crippen molar-refractivity contribution in [1.82, 2.24) is 9.45 Å². The summed E-state index contributed by atoms with van der Waals surface area (Å²) in [6.07, 6.45) is 2.58. The highest BCUT2D eigenvalue weighted by Gasteiger charge is 2.39. The predicted octanol–water partition coefficient (Wildman–Crippen LogP) is 2.56. The third-order valence-electron chi connectivity index (χ3n) is 3.44. The first-order valence-corrected chi connectivity index (χ1v) is 8.28. The van der Waals surface area contributed by atoms with E-state index in [1.54, 1.807) is 6.20 Å². The molecule has 0 fully saturated rings. The maximum Gasteiger partial charge on any atom is 0.242 e. The topological polar surface area (TPSA) is 44.1 Å². The lowest BCUT2D eigenvalue weighted by molar-refractivity contribution is 0.112. The highest BCUT2D eigenvalue weighted by molar-refractivity contribution is 6.78. The van der Waals surface area contributed by atoms with Gasteiger partial charge < -0.3 is 4.74 Å². The zero-order valence-corrected chi connectivity index (χ0v) is 11.9. The predicted molar refractivity (Wildman–Crippen MR) is 66.8 cm³/mol. The van der Waals surface area contributed by atoms with Gasteiger partial charge in [-0.25, -0.2) is 0 Å². The molecule has 0 bridgehead atoms. The Bertz CT molecular complexity index is 391. The number of hydrogen-bond acceptors (Lipinski definition) is 3. The second kappa shape index (κ2) is 4.05. The van der Waals surface area contributed by atoms with Crippen LogP contribution in [0.15, 0.2) is 6.20 Å². The molecule has 16 heavy (non-hydrogen) atoms. The van der Waals surface area contributed by atoms with Gasteiger partial charge in [-0.1, -0.05) is 20.8 Å². The van der Waals surface area contributed by atoms with E-state index in [1.807, 2.05) is 4.35 Å². The minimum absolute atomic E-state index is 0.171. The maximum absolute atomic E-state index is 10.9. The number of nitrogens with zero attached hydrogens (tertiary/aromatic N) is 2. The molecule has 0 spiro atoms. The van der Waals surface area contributed by atoms with Crippen LogP contribution in [-0.2, 0) is 0 Å². The Labute approximate surface area is 97.7 Å². The van der Waals surface area contributed by atoms with Gasteiger partial charge in [0.2, 0.25) is 5.88 Å². The number of aromatic nitrogens is 2. The van der Waals surface area contributed by atoms with E-state index < -0.39 is 8.24 Å². The van der Waals surface area contributed by atoms with E-state index in [9.17, 15) is 4.79 Å². The maximum atomic E-state index is 10.9. The third kappa shape index (κ3) is 2.04. The van der Waals surface area contributed by atoms with Gasteiger partial charge in [0, 0.05) is 6.20 Å². The summed E-state index contributed by atoms with van der Waals surface area (Å²) in [7, 11) is -0.224. The summed E-state index contributed by atoms with van der Waals surface area (Å²) in [5.41, 5.74) is 0.521. The van der Waals surface area contributed by atoms with Gasteiger partial charge in [-0.2, -0.15) is 0 Å². The van der Waals surface area contributed by atoms with Crippen LogP contribution in [0.5, 0.6) is 5.88 Å². The Morgan fingerprint density at radius 2 is 2.00 bits per heavy atom. The molecule has 0 aromatic carbocycles.